The van der Waals surface area contributed by atoms with Crippen molar-refractivity contribution in [1.82, 2.24) is 9.29 Å². The number of rotatable bonds is 5. The molecule has 24 heavy (non-hydrogen) atoms. The molecule has 1 saturated heterocycles. The van der Waals surface area contributed by atoms with Crippen LogP contribution in [0.15, 0.2) is 47.4 Å². The van der Waals surface area contributed by atoms with Crippen LogP contribution in [0.2, 0.25) is 0 Å². The topological polar surface area (TPSA) is 59.5 Å². The van der Waals surface area contributed by atoms with Crippen LogP contribution in [0.25, 0.3) is 0 Å². The van der Waals surface area contributed by atoms with Gasteiger partial charge in [0.1, 0.15) is 6.10 Å². The molecule has 0 radical (unpaired) electrons. The van der Waals surface area contributed by atoms with E-state index in [1.807, 2.05) is 38.1 Å². The van der Waals surface area contributed by atoms with Crippen LogP contribution in [0.4, 0.5) is 0 Å². The van der Waals surface area contributed by atoms with E-state index in [1.165, 1.54) is 4.31 Å². The zero-order valence-electron chi connectivity index (χ0n) is 14.0. The number of ether oxygens (including phenoxy) is 1. The third-order valence-corrected chi connectivity index (χ3v) is 6.11. The number of sulfonamides is 1. The Balaban J connectivity index is 1.69. The second-order valence-electron chi connectivity index (χ2n) is 6.01. The summed E-state index contributed by atoms with van der Waals surface area (Å²) in [5.74, 6) is 0.548. The van der Waals surface area contributed by atoms with Gasteiger partial charge in [-0.15, -0.1) is 0 Å². The third-order valence-electron chi connectivity index (χ3n) is 4.23. The van der Waals surface area contributed by atoms with Gasteiger partial charge in [0.05, 0.1) is 11.4 Å². The smallest absolute Gasteiger partial charge is 0.243 e. The van der Waals surface area contributed by atoms with E-state index in [0.29, 0.717) is 30.3 Å². The first-order valence-corrected chi connectivity index (χ1v) is 9.62. The normalized spacial score (nSPS) is 18.7. The van der Waals surface area contributed by atoms with E-state index >= 15 is 0 Å². The first-order chi connectivity index (χ1) is 11.5. The summed E-state index contributed by atoms with van der Waals surface area (Å²) in [5, 5.41) is 0. The van der Waals surface area contributed by atoms with Crippen molar-refractivity contribution in [1.29, 1.82) is 0 Å². The van der Waals surface area contributed by atoms with E-state index in [9.17, 15) is 8.42 Å². The average Bonchev–Trinajstić information content (AvgIpc) is 3.04. The maximum absolute atomic E-state index is 12.7. The van der Waals surface area contributed by atoms with E-state index in [1.54, 1.807) is 18.2 Å². The number of aromatic nitrogens is 1. The minimum absolute atomic E-state index is 0.163. The molecule has 1 unspecified atom stereocenters. The number of nitrogens with zero attached hydrogens (tertiary/aromatic N) is 2. The highest BCUT2D eigenvalue weighted by Gasteiger charge is 2.33. The quantitative estimate of drug-likeness (QED) is 0.835. The van der Waals surface area contributed by atoms with Gasteiger partial charge < -0.3 is 4.74 Å². The van der Waals surface area contributed by atoms with Gasteiger partial charge in [0.2, 0.25) is 15.9 Å². The molecule has 0 amide bonds. The number of benzene rings is 1. The molecule has 0 bridgehead atoms. The lowest BCUT2D eigenvalue weighted by molar-refractivity contribution is 0.206. The molecule has 5 nitrogen and oxygen atoms in total. The summed E-state index contributed by atoms with van der Waals surface area (Å²) in [5.41, 5.74) is 2.01. The van der Waals surface area contributed by atoms with Gasteiger partial charge in [-0.25, -0.2) is 13.4 Å². The van der Waals surface area contributed by atoms with Gasteiger partial charge >= 0.3 is 0 Å². The van der Waals surface area contributed by atoms with E-state index in [0.717, 1.165) is 17.7 Å². The van der Waals surface area contributed by atoms with Gasteiger partial charge in [-0.3, -0.25) is 0 Å². The standard InChI is InChI=1S/C18H22N2O3S/c1-3-15-7-9-17(10-8-15)24(21,22)20-12-11-16(13-20)23-18-6-4-5-14(2)19-18/h4-10,16H,3,11-13H2,1-2H3. The monoisotopic (exact) mass is 346 g/mol. The highest BCUT2D eigenvalue weighted by Crippen LogP contribution is 2.24. The molecule has 2 heterocycles. The summed E-state index contributed by atoms with van der Waals surface area (Å²) in [7, 11) is -3.46. The van der Waals surface area contributed by atoms with Crippen molar-refractivity contribution >= 4 is 10.0 Å². The van der Waals surface area contributed by atoms with Gasteiger partial charge in [0, 0.05) is 18.3 Å². The van der Waals surface area contributed by atoms with Crippen molar-refractivity contribution < 1.29 is 13.2 Å². The van der Waals surface area contributed by atoms with E-state index in [4.69, 9.17) is 4.74 Å². The van der Waals surface area contributed by atoms with E-state index < -0.39 is 10.0 Å². The molecular weight excluding hydrogens is 324 g/mol. The zero-order chi connectivity index (χ0) is 17.2. The zero-order valence-corrected chi connectivity index (χ0v) is 14.8. The minimum atomic E-state index is -3.46. The Labute approximate surface area is 143 Å². The van der Waals surface area contributed by atoms with Crippen LogP contribution in [-0.2, 0) is 16.4 Å². The van der Waals surface area contributed by atoms with Crippen LogP contribution in [0, 0.1) is 6.92 Å². The Morgan fingerprint density at radius 2 is 1.96 bits per heavy atom. The van der Waals surface area contributed by atoms with Crippen molar-refractivity contribution in [3.8, 4) is 5.88 Å². The maximum Gasteiger partial charge on any atom is 0.243 e. The summed E-state index contributed by atoms with van der Waals surface area (Å²) in [6.07, 6.45) is 1.40. The Hall–Kier alpha value is -1.92. The Bertz CT molecular complexity index is 803. The maximum atomic E-state index is 12.7. The Morgan fingerprint density at radius 3 is 2.62 bits per heavy atom. The van der Waals surface area contributed by atoms with Crippen LogP contribution >= 0.6 is 0 Å². The second-order valence-corrected chi connectivity index (χ2v) is 7.94. The molecule has 3 rings (SSSR count). The molecule has 1 atom stereocenters. The van der Waals surface area contributed by atoms with Crippen LogP contribution in [0.5, 0.6) is 5.88 Å². The highest BCUT2D eigenvalue weighted by molar-refractivity contribution is 7.89. The fourth-order valence-corrected chi connectivity index (χ4v) is 4.30. The summed E-state index contributed by atoms with van der Waals surface area (Å²) in [4.78, 5) is 4.65. The molecule has 0 saturated carbocycles. The van der Waals surface area contributed by atoms with Crippen LogP contribution in [0.1, 0.15) is 24.6 Å². The van der Waals surface area contributed by atoms with Crippen LogP contribution in [0.3, 0.4) is 0 Å². The van der Waals surface area contributed by atoms with Crippen molar-refractivity contribution in [3.63, 3.8) is 0 Å². The molecule has 2 aromatic rings. The molecule has 1 aromatic heterocycles. The predicted octanol–water partition coefficient (Wildman–Crippen LogP) is 2.79. The lowest BCUT2D eigenvalue weighted by atomic mass is 10.2. The van der Waals surface area contributed by atoms with Crippen molar-refractivity contribution in [2.75, 3.05) is 13.1 Å². The van der Waals surface area contributed by atoms with Crippen LogP contribution < -0.4 is 4.74 Å². The second kappa shape index (κ2) is 6.91. The molecule has 1 fully saturated rings. The minimum Gasteiger partial charge on any atom is -0.473 e. The Kier molecular flexibility index (Phi) is 4.87. The fourth-order valence-electron chi connectivity index (χ4n) is 2.81. The lowest BCUT2D eigenvalue weighted by Crippen LogP contribution is -2.31. The first kappa shape index (κ1) is 16.9. The van der Waals surface area contributed by atoms with E-state index in [2.05, 4.69) is 4.98 Å². The van der Waals surface area contributed by atoms with Crippen molar-refractivity contribution in [2.45, 2.75) is 37.7 Å². The van der Waals surface area contributed by atoms with E-state index in [-0.39, 0.29) is 6.10 Å². The lowest BCUT2D eigenvalue weighted by Gasteiger charge is -2.17. The summed E-state index contributed by atoms with van der Waals surface area (Å²) >= 11 is 0. The molecule has 128 valence electrons. The molecule has 1 aliphatic heterocycles. The van der Waals surface area contributed by atoms with Gasteiger partial charge in [-0.05, 0) is 43.5 Å². The number of aryl methyl sites for hydroxylation is 2. The summed E-state index contributed by atoms with van der Waals surface area (Å²) < 4.78 is 32.8. The first-order valence-electron chi connectivity index (χ1n) is 8.18. The summed E-state index contributed by atoms with van der Waals surface area (Å²) in [6, 6.07) is 12.7. The van der Waals surface area contributed by atoms with Gasteiger partial charge in [0.25, 0.3) is 0 Å². The number of pyridine rings is 1. The van der Waals surface area contributed by atoms with Crippen molar-refractivity contribution in [3.05, 3.63) is 53.7 Å². The fraction of sp³-hybridized carbons (Fsp3) is 0.389. The highest BCUT2D eigenvalue weighted by atomic mass is 32.2. The molecule has 0 aliphatic carbocycles. The summed E-state index contributed by atoms with van der Waals surface area (Å²) in [6.45, 7) is 4.77. The van der Waals surface area contributed by atoms with Gasteiger partial charge in [0.15, 0.2) is 0 Å². The van der Waals surface area contributed by atoms with Gasteiger partial charge in [-0.1, -0.05) is 25.1 Å². The average molecular weight is 346 g/mol. The third kappa shape index (κ3) is 3.60. The van der Waals surface area contributed by atoms with Gasteiger partial charge in [-0.2, -0.15) is 4.31 Å². The predicted molar refractivity (Wildman–Crippen MR) is 92.6 cm³/mol. The SMILES string of the molecule is CCc1ccc(S(=O)(=O)N2CCC(Oc3cccc(C)n3)C2)cc1. The van der Waals surface area contributed by atoms with Crippen molar-refractivity contribution in [2.24, 2.45) is 0 Å². The van der Waals surface area contributed by atoms with Crippen LogP contribution in [-0.4, -0.2) is 36.9 Å². The molecule has 0 N–H and O–H groups in total. The molecule has 1 aliphatic rings. The molecule has 0 spiro atoms. The molecule has 1 aromatic carbocycles. The molecule has 6 heteroatoms. The largest absolute Gasteiger partial charge is 0.473 e. The number of hydrogen-bond acceptors (Lipinski definition) is 4. The Morgan fingerprint density at radius 1 is 1.21 bits per heavy atom. The number of hydrogen-bond donors (Lipinski definition) is 0. The molecular formula is C18H22N2O3S.